The second-order valence-corrected chi connectivity index (χ2v) is 8.99. The predicted molar refractivity (Wildman–Crippen MR) is 139 cm³/mol. The summed E-state index contributed by atoms with van der Waals surface area (Å²) in [6, 6.07) is 14.4. The monoisotopic (exact) mass is 529 g/mol. The molecule has 0 radical (unpaired) electrons. The van der Waals surface area contributed by atoms with E-state index in [0.29, 0.717) is 18.7 Å². The quantitative estimate of drug-likeness (QED) is 0.291. The van der Waals surface area contributed by atoms with E-state index in [1.807, 2.05) is 44.2 Å². The molecule has 3 rings (SSSR count). The first kappa shape index (κ1) is 29.1. The molecule has 1 unspecified atom stereocenters. The minimum atomic E-state index is -1.24. The van der Waals surface area contributed by atoms with Crippen molar-refractivity contribution in [3.63, 3.8) is 0 Å². The third-order valence-corrected chi connectivity index (χ3v) is 5.98. The smallest absolute Gasteiger partial charge is 0.240 e. The van der Waals surface area contributed by atoms with Gasteiger partial charge in [0.1, 0.15) is 24.0 Å². The maximum atomic E-state index is 14.9. The molecule has 204 valence electrons. The molecule has 2 N–H and O–H groups in total. The number of hydrogen-bond acceptors (Lipinski definition) is 5. The van der Waals surface area contributed by atoms with Crippen LogP contribution in [0, 0.1) is 17.6 Å². The standard InChI is InChI=1S/C29H34F3N3O3/c1-3-9-22(37-4-2)18-35(17-21-12-8-13-28(32)34-21)29(36)27(33)16-24-25(30)14-23(15-26(24)31)38-19-20-10-6-5-7-11-20/h5-8,10-15,22,27H,3-4,9,16-19,33H2,1-2H3/t22?,27-/m0/s1. The van der Waals surface area contributed by atoms with Gasteiger partial charge in [-0.15, -0.1) is 0 Å². The summed E-state index contributed by atoms with van der Waals surface area (Å²) in [5.41, 5.74) is 7.05. The van der Waals surface area contributed by atoms with Crippen LogP contribution in [0.2, 0.25) is 0 Å². The number of amides is 1. The number of carbonyl (C=O) groups excluding carboxylic acids is 1. The summed E-state index contributed by atoms with van der Waals surface area (Å²) >= 11 is 0. The van der Waals surface area contributed by atoms with Gasteiger partial charge in [0, 0.05) is 37.3 Å². The lowest BCUT2D eigenvalue weighted by molar-refractivity contribution is -0.135. The first-order chi connectivity index (χ1) is 18.3. The molecule has 0 aliphatic heterocycles. The lowest BCUT2D eigenvalue weighted by Crippen LogP contribution is -2.48. The number of rotatable bonds is 14. The average Bonchev–Trinajstić information content (AvgIpc) is 2.89. The SMILES string of the molecule is CCCC(CN(Cc1cccc(F)n1)C(=O)[C@@H](N)Cc1c(F)cc(OCc2ccccc2)cc1F)OCC. The second-order valence-electron chi connectivity index (χ2n) is 8.99. The molecule has 0 bridgehead atoms. The summed E-state index contributed by atoms with van der Waals surface area (Å²) in [5.74, 6) is -2.89. The number of halogens is 3. The van der Waals surface area contributed by atoms with Crippen molar-refractivity contribution in [3.8, 4) is 5.75 Å². The van der Waals surface area contributed by atoms with Crippen molar-refractivity contribution in [3.05, 3.63) is 95.1 Å². The van der Waals surface area contributed by atoms with Crippen LogP contribution in [0.15, 0.2) is 60.7 Å². The Morgan fingerprint density at radius 1 is 1.03 bits per heavy atom. The molecule has 0 aliphatic carbocycles. The highest BCUT2D eigenvalue weighted by atomic mass is 19.1. The third-order valence-electron chi connectivity index (χ3n) is 5.98. The number of benzene rings is 2. The van der Waals surface area contributed by atoms with Gasteiger partial charge in [-0.3, -0.25) is 4.79 Å². The molecular formula is C29H34F3N3O3. The molecule has 2 aromatic carbocycles. The lowest BCUT2D eigenvalue weighted by Gasteiger charge is -2.29. The van der Waals surface area contributed by atoms with Gasteiger partial charge in [0.25, 0.3) is 0 Å². The van der Waals surface area contributed by atoms with Crippen LogP contribution in [0.5, 0.6) is 5.75 Å². The van der Waals surface area contributed by atoms with Gasteiger partial charge < -0.3 is 20.1 Å². The largest absolute Gasteiger partial charge is 0.489 e. The molecule has 38 heavy (non-hydrogen) atoms. The summed E-state index contributed by atoms with van der Waals surface area (Å²) < 4.78 is 54.8. The Kier molecular flexibility index (Phi) is 11.1. The first-order valence-electron chi connectivity index (χ1n) is 12.7. The molecule has 2 atom stereocenters. The summed E-state index contributed by atoms with van der Waals surface area (Å²) in [5, 5.41) is 0. The maximum Gasteiger partial charge on any atom is 0.240 e. The van der Waals surface area contributed by atoms with E-state index in [9.17, 15) is 18.0 Å². The van der Waals surface area contributed by atoms with E-state index in [1.54, 1.807) is 6.07 Å². The molecule has 9 heteroatoms. The molecule has 0 saturated heterocycles. The van der Waals surface area contributed by atoms with Crippen molar-refractivity contribution < 1.29 is 27.4 Å². The number of aromatic nitrogens is 1. The van der Waals surface area contributed by atoms with E-state index in [4.69, 9.17) is 15.2 Å². The van der Waals surface area contributed by atoms with Gasteiger partial charge in [0.05, 0.1) is 24.4 Å². The van der Waals surface area contributed by atoms with Crippen LogP contribution in [-0.4, -0.2) is 41.1 Å². The summed E-state index contributed by atoms with van der Waals surface area (Å²) in [6.07, 6.45) is 0.878. The van der Waals surface area contributed by atoms with Crippen LogP contribution < -0.4 is 10.5 Å². The minimum Gasteiger partial charge on any atom is -0.489 e. The van der Waals surface area contributed by atoms with Gasteiger partial charge in [-0.2, -0.15) is 4.39 Å². The van der Waals surface area contributed by atoms with Gasteiger partial charge >= 0.3 is 0 Å². The van der Waals surface area contributed by atoms with E-state index >= 15 is 0 Å². The van der Waals surface area contributed by atoms with Crippen molar-refractivity contribution in [1.29, 1.82) is 0 Å². The fourth-order valence-electron chi connectivity index (χ4n) is 4.14. The molecule has 3 aromatic rings. The number of hydrogen-bond donors (Lipinski definition) is 1. The van der Waals surface area contributed by atoms with E-state index < -0.39 is 29.5 Å². The zero-order chi connectivity index (χ0) is 27.5. The molecule has 6 nitrogen and oxygen atoms in total. The van der Waals surface area contributed by atoms with E-state index in [2.05, 4.69) is 4.98 Å². The van der Waals surface area contributed by atoms with Gasteiger partial charge in [0.2, 0.25) is 11.9 Å². The fourth-order valence-corrected chi connectivity index (χ4v) is 4.14. The number of ether oxygens (including phenoxy) is 2. The minimum absolute atomic E-state index is 0.0190. The lowest BCUT2D eigenvalue weighted by atomic mass is 10.0. The van der Waals surface area contributed by atoms with Gasteiger partial charge in [-0.05, 0) is 31.0 Å². The van der Waals surface area contributed by atoms with Crippen LogP contribution in [0.1, 0.15) is 43.5 Å². The van der Waals surface area contributed by atoms with Crippen molar-refractivity contribution in [1.82, 2.24) is 9.88 Å². The van der Waals surface area contributed by atoms with Crippen LogP contribution in [0.4, 0.5) is 13.2 Å². The van der Waals surface area contributed by atoms with Crippen LogP contribution >= 0.6 is 0 Å². The molecule has 0 aliphatic rings. The second kappa shape index (κ2) is 14.5. The zero-order valence-electron chi connectivity index (χ0n) is 21.7. The number of nitrogens with zero attached hydrogens (tertiary/aromatic N) is 2. The number of carbonyl (C=O) groups is 1. The Bertz CT molecular complexity index is 1150. The maximum absolute atomic E-state index is 14.9. The highest BCUT2D eigenvalue weighted by Crippen LogP contribution is 2.23. The molecule has 0 spiro atoms. The Morgan fingerprint density at radius 2 is 1.74 bits per heavy atom. The fraction of sp³-hybridized carbons (Fsp3) is 0.379. The summed E-state index contributed by atoms with van der Waals surface area (Å²) in [7, 11) is 0. The highest BCUT2D eigenvalue weighted by Gasteiger charge is 2.27. The number of nitrogens with two attached hydrogens (primary N) is 1. The van der Waals surface area contributed by atoms with Crippen LogP contribution in [0.3, 0.4) is 0 Å². The summed E-state index contributed by atoms with van der Waals surface area (Å²) in [4.78, 5) is 18.6. The Morgan fingerprint density at radius 3 is 2.37 bits per heavy atom. The van der Waals surface area contributed by atoms with E-state index in [-0.39, 0.29) is 43.5 Å². The van der Waals surface area contributed by atoms with Crippen molar-refractivity contribution in [2.45, 2.75) is 58.4 Å². The van der Waals surface area contributed by atoms with Crippen molar-refractivity contribution in [2.24, 2.45) is 5.73 Å². The number of pyridine rings is 1. The zero-order valence-corrected chi connectivity index (χ0v) is 21.7. The van der Waals surface area contributed by atoms with E-state index in [0.717, 1.165) is 24.1 Å². The Balaban J connectivity index is 1.74. The Hall–Kier alpha value is -3.43. The summed E-state index contributed by atoms with van der Waals surface area (Å²) in [6.45, 7) is 4.62. The molecule has 1 amide bonds. The topological polar surface area (TPSA) is 77.7 Å². The third kappa shape index (κ3) is 8.56. The predicted octanol–water partition coefficient (Wildman–Crippen LogP) is 5.18. The molecule has 0 saturated carbocycles. The normalized spacial score (nSPS) is 12.7. The molecule has 1 heterocycles. The van der Waals surface area contributed by atoms with Crippen molar-refractivity contribution >= 4 is 5.91 Å². The Labute approximate surface area is 221 Å². The van der Waals surface area contributed by atoms with Crippen molar-refractivity contribution in [2.75, 3.05) is 13.2 Å². The van der Waals surface area contributed by atoms with Gasteiger partial charge in [-0.1, -0.05) is 49.7 Å². The van der Waals surface area contributed by atoms with Gasteiger partial charge in [0.15, 0.2) is 0 Å². The van der Waals surface area contributed by atoms with Crippen LogP contribution in [0.25, 0.3) is 0 Å². The molecular weight excluding hydrogens is 495 g/mol. The first-order valence-corrected chi connectivity index (χ1v) is 12.7. The van der Waals surface area contributed by atoms with E-state index in [1.165, 1.54) is 17.0 Å². The molecule has 1 aromatic heterocycles. The molecule has 0 fully saturated rings. The van der Waals surface area contributed by atoms with Crippen LogP contribution in [-0.2, 0) is 29.1 Å². The van der Waals surface area contributed by atoms with Gasteiger partial charge in [-0.25, -0.2) is 13.8 Å². The average molecular weight is 530 g/mol. The highest BCUT2D eigenvalue weighted by molar-refractivity contribution is 5.82.